The molecule has 1 fully saturated rings. The summed E-state index contributed by atoms with van der Waals surface area (Å²) in [5.74, 6) is 0.276. The summed E-state index contributed by atoms with van der Waals surface area (Å²) in [6.45, 7) is 1.95. The highest BCUT2D eigenvalue weighted by Gasteiger charge is 2.54. The second-order valence-corrected chi connectivity index (χ2v) is 5.45. The van der Waals surface area contributed by atoms with Crippen molar-refractivity contribution in [1.82, 2.24) is 19.5 Å². The third kappa shape index (κ3) is 2.13. The minimum Gasteiger partial charge on any atom is -0.383 e. The Morgan fingerprint density at radius 2 is 2.18 bits per heavy atom. The van der Waals surface area contributed by atoms with Crippen molar-refractivity contribution in [2.24, 2.45) is 0 Å². The number of methoxy groups -OCH3 is 2. The van der Waals surface area contributed by atoms with E-state index in [1.165, 1.54) is 19.8 Å². The van der Waals surface area contributed by atoms with E-state index in [0.29, 0.717) is 17.8 Å². The molecule has 0 saturated carbocycles. The number of rotatable bonds is 4. The molecular formula is C13H19N5O4. The van der Waals surface area contributed by atoms with Gasteiger partial charge in [-0.15, -0.1) is 0 Å². The first kappa shape index (κ1) is 15.1. The first-order valence-corrected chi connectivity index (χ1v) is 6.83. The lowest BCUT2D eigenvalue weighted by atomic mass is 9.96. The van der Waals surface area contributed by atoms with Crippen LogP contribution in [-0.4, -0.2) is 63.3 Å². The van der Waals surface area contributed by atoms with Gasteiger partial charge in [-0.25, -0.2) is 15.0 Å². The summed E-state index contributed by atoms with van der Waals surface area (Å²) in [5.41, 5.74) is 5.46. The van der Waals surface area contributed by atoms with E-state index >= 15 is 0 Å². The fraction of sp³-hybridized carbons (Fsp3) is 0.615. The Morgan fingerprint density at radius 3 is 2.86 bits per heavy atom. The molecule has 22 heavy (non-hydrogen) atoms. The number of nitrogen functional groups attached to an aromatic ring is 1. The summed E-state index contributed by atoms with van der Waals surface area (Å²) in [4.78, 5) is 12.3. The van der Waals surface area contributed by atoms with Crippen molar-refractivity contribution < 1.29 is 19.3 Å². The number of aromatic nitrogens is 4. The Balaban J connectivity index is 2.04. The van der Waals surface area contributed by atoms with Crippen LogP contribution < -0.4 is 5.73 Å². The molecule has 0 radical (unpaired) electrons. The van der Waals surface area contributed by atoms with Crippen LogP contribution in [0, 0.1) is 0 Å². The van der Waals surface area contributed by atoms with Crippen molar-refractivity contribution >= 4 is 17.0 Å². The SMILES string of the molecule is COC[C@H]1O[C@@H](n2cnc3c(N)ncnc32)C(C)(O)C1OC. The monoisotopic (exact) mass is 309 g/mol. The minimum atomic E-state index is -1.29. The predicted molar refractivity (Wildman–Crippen MR) is 76.9 cm³/mol. The van der Waals surface area contributed by atoms with Crippen LogP contribution in [0.1, 0.15) is 13.2 Å². The number of aliphatic hydroxyl groups is 1. The number of nitrogens with zero attached hydrogens (tertiary/aromatic N) is 4. The van der Waals surface area contributed by atoms with Crippen LogP contribution in [0.2, 0.25) is 0 Å². The molecule has 3 heterocycles. The van der Waals surface area contributed by atoms with Gasteiger partial charge in [0.05, 0.1) is 12.9 Å². The van der Waals surface area contributed by atoms with E-state index in [9.17, 15) is 5.11 Å². The summed E-state index contributed by atoms with van der Waals surface area (Å²) in [6.07, 6.45) is 1.19. The van der Waals surface area contributed by atoms with Gasteiger partial charge in [-0.2, -0.15) is 0 Å². The molecule has 2 aromatic rings. The molecule has 0 spiro atoms. The third-order valence-corrected chi connectivity index (χ3v) is 3.94. The average molecular weight is 309 g/mol. The van der Waals surface area contributed by atoms with Crippen LogP contribution in [0.3, 0.4) is 0 Å². The summed E-state index contributed by atoms with van der Waals surface area (Å²) >= 11 is 0. The number of ether oxygens (including phenoxy) is 3. The Morgan fingerprint density at radius 1 is 1.41 bits per heavy atom. The molecule has 2 unspecified atom stereocenters. The molecule has 1 aliphatic rings. The van der Waals surface area contributed by atoms with Crippen LogP contribution in [0.15, 0.2) is 12.7 Å². The molecule has 9 nitrogen and oxygen atoms in total. The van der Waals surface area contributed by atoms with Crippen molar-refractivity contribution in [3.63, 3.8) is 0 Å². The second-order valence-electron chi connectivity index (χ2n) is 5.45. The van der Waals surface area contributed by atoms with Crippen molar-refractivity contribution in [1.29, 1.82) is 0 Å². The van der Waals surface area contributed by atoms with Gasteiger partial charge >= 0.3 is 0 Å². The van der Waals surface area contributed by atoms with Crippen LogP contribution in [0.25, 0.3) is 11.2 Å². The average Bonchev–Trinajstić information content (AvgIpc) is 2.99. The van der Waals surface area contributed by atoms with Gasteiger partial charge in [0.2, 0.25) is 0 Å². The van der Waals surface area contributed by atoms with E-state index in [2.05, 4.69) is 15.0 Å². The molecule has 3 N–H and O–H groups in total. The maximum absolute atomic E-state index is 10.9. The van der Waals surface area contributed by atoms with Gasteiger partial charge < -0.3 is 25.1 Å². The highest BCUT2D eigenvalue weighted by Crippen LogP contribution is 2.41. The summed E-state index contributed by atoms with van der Waals surface area (Å²) < 4.78 is 18.1. The van der Waals surface area contributed by atoms with Gasteiger partial charge in [0, 0.05) is 14.2 Å². The molecule has 1 aliphatic heterocycles. The smallest absolute Gasteiger partial charge is 0.168 e. The topological polar surface area (TPSA) is 118 Å². The van der Waals surface area contributed by atoms with Crippen molar-refractivity contribution in [3.05, 3.63) is 12.7 Å². The van der Waals surface area contributed by atoms with Gasteiger partial charge in [0.1, 0.15) is 29.7 Å². The number of imidazole rings is 1. The second kappa shape index (κ2) is 5.43. The minimum absolute atomic E-state index is 0.276. The molecule has 1 saturated heterocycles. The van der Waals surface area contributed by atoms with E-state index in [4.69, 9.17) is 19.9 Å². The van der Waals surface area contributed by atoms with E-state index in [0.717, 1.165) is 0 Å². The largest absolute Gasteiger partial charge is 0.383 e. The fourth-order valence-electron chi connectivity index (χ4n) is 2.96. The van der Waals surface area contributed by atoms with Gasteiger partial charge in [0.15, 0.2) is 17.7 Å². The van der Waals surface area contributed by atoms with Crippen LogP contribution in [-0.2, 0) is 14.2 Å². The quantitative estimate of drug-likeness (QED) is 0.791. The lowest BCUT2D eigenvalue weighted by Crippen LogP contribution is -2.45. The number of anilines is 1. The highest BCUT2D eigenvalue weighted by molar-refractivity contribution is 5.81. The molecule has 4 atom stereocenters. The predicted octanol–water partition coefficient (Wildman–Crippen LogP) is -0.282. The number of nitrogens with two attached hydrogens (primary N) is 1. The molecule has 0 aromatic carbocycles. The van der Waals surface area contributed by atoms with Crippen LogP contribution in [0.4, 0.5) is 5.82 Å². The number of fused-ring (bicyclic) bond motifs is 1. The van der Waals surface area contributed by atoms with Crippen molar-refractivity contribution in [3.8, 4) is 0 Å². The summed E-state index contributed by atoms with van der Waals surface area (Å²) in [5, 5.41) is 10.9. The Labute approximate surface area is 127 Å². The van der Waals surface area contributed by atoms with Gasteiger partial charge in [-0.1, -0.05) is 0 Å². The molecule has 0 aliphatic carbocycles. The molecule has 120 valence electrons. The maximum Gasteiger partial charge on any atom is 0.168 e. The Kier molecular flexibility index (Phi) is 3.73. The molecular weight excluding hydrogens is 290 g/mol. The fourth-order valence-corrected chi connectivity index (χ4v) is 2.96. The zero-order valence-corrected chi connectivity index (χ0v) is 12.6. The molecule has 9 heteroatoms. The molecule has 3 rings (SSSR count). The van der Waals surface area contributed by atoms with E-state index in [1.54, 1.807) is 18.6 Å². The van der Waals surface area contributed by atoms with Crippen molar-refractivity contribution in [2.75, 3.05) is 26.6 Å². The first-order valence-electron chi connectivity index (χ1n) is 6.83. The highest BCUT2D eigenvalue weighted by atomic mass is 16.6. The first-order chi connectivity index (χ1) is 10.5. The third-order valence-electron chi connectivity index (χ3n) is 3.94. The van der Waals surface area contributed by atoms with Crippen LogP contribution in [0.5, 0.6) is 0 Å². The zero-order chi connectivity index (χ0) is 15.9. The maximum atomic E-state index is 10.9. The summed E-state index contributed by atoms with van der Waals surface area (Å²) in [7, 11) is 3.10. The molecule has 0 bridgehead atoms. The number of hydrogen-bond acceptors (Lipinski definition) is 8. The van der Waals surface area contributed by atoms with Gasteiger partial charge in [-0.3, -0.25) is 4.57 Å². The van der Waals surface area contributed by atoms with Crippen molar-refractivity contribution in [2.45, 2.75) is 31.0 Å². The van der Waals surface area contributed by atoms with Gasteiger partial charge in [0.25, 0.3) is 0 Å². The molecule has 2 aromatic heterocycles. The lowest BCUT2D eigenvalue weighted by molar-refractivity contribution is -0.101. The zero-order valence-electron chi connectivity index (χ0n) is 12.6. The number of hydrogen-bond donors (Lipinski definition) is 2. The van der Waals surface area contributed by atoms with Crippen LogP contribution >= 0.6 is 0 Å². The normalized spacial score (nSPS) is 31.9. The Bertz CT molecular complexity index is 673. The summed E-state index contributed by atoms with van der Waals surface area (Å²) in [6, 6.07) is 0. The standard InChI is InChI=1S/C13H19N5O4/c1-13(19)9(21-3)7(4-20-2)22-12(13)18-6-17-8-10(14)15-5-16-11(8)18/h5-7,9,12,19H,4H2,1-3H3,(H2,14,15,16)/t7-,9?,12-,13?/m1/s1. The molecule has 0 amide bonds. The van der Waals surface area contributed by atoms with E-state index in [-0.39, 0.29) is 5.82 Å². The van der Waals surface area contributed by atoms with Gasteiger partial charge in [-0.05, 0) is 6.92 Å². The Hall–Kier alpha value is -1.81. The van der Waals surface area contributed by atoms with E-state index in [1.807, 2.05) is 0 Å². The van der Waals surface area contributed by atoms with E-state index < -0.39 is 24.0 Å². The lowest BCUT2D eigenvalue weighted by Gasteiger charge is -2.29.